The van der Waals surface area contributed by atoms with Crippen molar-refractivity contribution in [3.8, 4) is 22.6 Å². The smallest absolute Gasteiger partial charge is 0.335 e. The molecule has 0 atom stereocenters. The fourth-order valence-corrected chi connectivity index (χ4v) is 3.58. The van der Waals surface area contributed by atoms with E-state index >= 15 is 0 Å². The molecule has 0 saturated heterocycles. The Morgan fingerprint density at radius 3 is 2.48 bits per heavy atom. The number of nitrogens with zero attached hydrogens (tertiary/aromatic N) is 2. The van der Waals surface area contributed by atoms with Gasteiger partial charge in [0, 0.05) is 17.5 Å². The van der Waals surface area contributed by atoms with Crippen LogP contribution in [0.3, 0.4) is 0 Å². The Labute approximate surface area is 190 Å². The maximum atomic E-state index is 13.0. The third-order valence-corrected chi connectivity index (χ3v) is 5.63. The maximum Gasteiger partial charge on any atom is 0.335 e. The molecule has 0 unspecified atom stereocenters. The van der Waals surface area contributed by atoms with Crippen LogP contribution in [0.2, 0.25) is 0 Å². The second-order valence-electron chi connectivity index (χ2n) is 7.88. The minimum atomic E-state index is -1.07. The van der Waals surface area contributed by atoms with Crippen LogP contribution in [-0.2, 0) is 0 Å². The molecule has 0 saturated carbocycles. The number of para-hydroxylation sites is 1. The number of nitrogens with one attached hydrogen (secondary N) is 1. The van der Waals surface area contributed by atoms with Crippen molar-refractivity contribution in [2.45, 2.75) is 20.8 Å². The third-order valence-electron chi connectivity index (χ3n) is 5.63. The molecular weight excluding hydrogens is 418 g/mol. The number of benzene rings is 3. The molecular formula is C26H23N3O4. The van der Waals surface area contributed by atoms with Crippen molar-refractivity contribution < 1.29 is 15.0 Å². The van der Waals surface area contributed by atoms with Crippen LogP contribution in [0.4, 0.5) is 5.69 Å². The van der Waals surface area contributed by atoms with E-state index in [1.807, 2.05) is 38.1 Å². The summed E-state index contributed by atoms with van der Waals surface area (Å²) in [6.45, 7) is 5.78. The highest BCUT2D eigenvalue weighted by atomic mass is 16.4. The van der Waals surface area contributed by atoms with E-state index in [2.05, 4.69) is 10.1 Å². The van der Waals surface area contributed by atoms with E-state index in [-0.39, 0.29) is 16.9 Å². The van der Waals surface area contributed by atoms with Crippen LogP contribution in [0.25, 0.3) is 16.8 Å². The van der Waals surface area contributed by atoms with Crippen LogP contribution in [0.1, 0.15) is 32.7 Å². The number of rotatable bonds is 5. The fraction of sp³-hybridized carbons (Fsp3) is 0.115. The normalized spacial score (nSPS) is 11.2. The van der Waals surface area contributed by atoms with Crippen molar-refractivity contribution in [1.82, 2.24) is 9.78 Å². The van der Waals surface area contributed by atoms with Gasteiger partial charge in [0.2, 0.25) is 0 Å². The van der Waals surface area contributed by atoms with Crippen molar-refractivity contribution in [1.29, 1.82) is 0 Å². The van der Waals surface area contributed by atoms with Gasteiger partial charge in [-0.15, -0.1) is 0 Å². The maximum absolute atomic E-state index is 13.0. The first-order valence-corrected chi connectivity index (χ1v) is 10.4. The van der Waals surface area contributed by atoms with Gasteiger partial charge in [-0.05, 0) is 61.7 Å². The number of hydrogen-bond acceptors (Lipinski definition) is 4. The van der Waals surface area contributed by atoms with E-state index < -0.39 is 5.97 Å². The van der Waals surface area contributed by atoms with Gasteiger partial charge in [-0.25, -0.2) is 9.48 Å². The molecule has 1 aromatic heterocycles. The zero-order chi connectivity index (χ0) is 23.7. The summed E-state index contributed by atoms with van der Waals surface area (Å²) >= 11 is 0. The van der Waals surface area contributed by atoms with Gasteiger partial charge in [-0.2, -0.15) is 0 Å². The summed E-state index contributed by atoms with van der Waals surface area (Å²) < 4.78 is 1.27. The number of aromatic nitrogens is 2. The molecule has 4 aromatic rings. The van der Waals surface area contributed by atoms with E-state index in [0.29, 0.717) is 28.2 Å². The summed E-state index contributed by atoms with van der Waals surface area (Å²) in [6, 6.07) is 17.4. The molecule has 33 heavy (non-hydrogen) atoms. The van der Waals surface area contributed by atoms with E-state index in [0.717, 1.165) is 11.1 Å². The second-order valence-corrected chi connectivity index (χ2v) is 7.88. The molecule has 0 aliphatic rings. The Kier molecular flexibility index (Phi) is 5.70. The topological polar surface area (TPSA) is 108 Å². The zero-order valence-corrected chi connectivity index (χ0v) is 18.5. The summed E-state index contributed by atoms with van der Waals surface area (Å²) in [7, 11) is 0. The minimum absolute atomic E-state index is 0.0275. The van der Waals surface area contributed by atoms with Gasteiger partial charge in [0.15, 0.2) is 0 Å². The molecule has 166 valence electrons. The average molecular weight is 441 g/mol. The minimum Gasteiger partial charge on any atom is -0.505 e. The number of aryl methyl sites for hydroxylation is 3. The van der Waals surface area contributed by atoms with Crippen molar-refractivity contribution >= 4 is 17.9 Å². The standard InChI is InChI=1S/C26H23N3O4/c1-15-10-11-18(12-16(15)2)21-8-5-9-23(24(21)30)27-14-22-17(3)28-29(25(22)31)20-7-4-6-19(13-20)26(32)33/h4-14,28,30H,1-3H3,(H,32,33). The highest BCUT2D eigenvalue weighted by Crippen LogP contribution is 2.37. The molecule has 0 aliphatic heterocycles. The van der Waals surface area contributed by atoms with Crippen LogP contribution in [-0.4, -0.2) is 32.2 Å². The highest BCUT2D eigenvalue weighted by molar-refractivity contribution is 5.88. The second kappa shape index (κ2) is 8.63. The Hall–Kier alpha value is -4.39. The van der Waals surface area contributed by atoms with Crippen molar-refractivity contribution in [3.05, 3.63) is 99.0 Å². The number of aliphatic imine (C=N–C) groups is 1. The molecule has 0 bridgehead atoms. The summed E-state index contributed by atoms with van der Waals surface area (Å²) in [4.78, 5) is 28.6. The van der Waals surface area contributed by atoms with E-state index in [1.54, 1.807) is 31.2 Å². The number of phenolic OH excluding ortho intramolecular Hbond substituents is 1. The lowest BCUT2D eigenvalue weighted by atomic mass is 9.99. The first-order valence-electron chi connectivity index (χ1n) is 10.4. The molecule has 0 radical (unpaired) electrons. The number of carbonyl (C=O) groups is 1. The molecule has 0 amide bonds. The largest absolute Gasteiger partial charge is 0.505 e. The van der Waals surface area contributed by atoms with Crippen molar-refractivity contribution in [2.24, 2.45) is 4.99 Å². The number of carboxylic acids is 1. The molecule has 0 fully saturated rings. The monoisotopic (exact) mass is 441 g/mol. The van der Waals surface area contributed by atoms with Crippen molar-refractivity contribution in [2.75, 3.05) is 0 Å². The van der Waals surface area contributed by atoms with E-state index in [4.69, 9.17) is 0 Å². The number of hydrogen-bond donors (Lipinski definition) is 3. The Morgan fingerprint density at radius 1 is 1.00 bits per heavy atom. The van der Waals surface area contributed by atoms with Gasteiger partial charge in [0.1, 0.15) is 11.4 Å². The summed E-state index contributed by atoms with van der Waals surface area (Å²) in [5.74, 6) is -1.05. The molecule has 4 rings (SSSR count). The lowest BCUT2D eigenvalue weighted by Gasteiger charge is -2.09. The Bertz CT molecular complexity index is 1460. The summed E-state index contributed by atoms with van der Waals surface area (Å²) in [6.07, 6.45) is 1.41. The van der Waals surface area contributed by atoms with Crippen LogP contribution < -0.4 is 5.56 Å². The third kappa shape index (κ3) is 4.21. The van der Waals surface area contributed by atoms with Crippen LogP contribution >= 0.6 is 0 Å². The first-order chi connectivity index (χ1) is 15.8. The number of aromatic hydroxyl groups is 1. The highest BCUT2D eigenvalue weighted by Gasteiger charge is 2.14. The fourth-order valence-electron chi connectivity index (χ4n) is 3.58. The quantitative estimate of drug-likeness (QED) is 0.382. The van der Waals surface area contributed by atoms with Crippen molar-refractivity contribution in [3.63, 3.8) is 0 Å². The van der Waals surface area contributed by atoms with Gasteiger partial charge >= 0.3 is 5.97 Å². The molecule has 7 nitrogen and oxygen atoms in total. The first kappa shape index (κ1) is 21.8. The van der Waals surface area contributed by atoms with E-state index in [1.165, 1.54) is 28.6 Å². The summed E-state index contributed by atoms with van der Waals surface area (Å²) in [5.41, 5.74) is 5.15. The van der Waals surface area contributed by atoms with Gasteiger partial charge in [-0.1, -0.05) is 36.4 Å². The number of aromatic amines is 1. The van der Waals surface area contributed by atoms with Gasteiger partial charge in [0.25, 0.3) is 5.56 Å². The molecule has 0 aliphatic carbocycles. The average Bonchev–Trinajstić information content (AvgIpc) is 3.08. The predicted octanol–water partition coefficient (Wildman–Crippen LogP) is 4.91. The number of H-pyrrole nitrogens is 1. The molecule has 1 heterocycles. The number of carboxylic acid groups (broad SMARTS) is 1. The Morgan fingerprint density at radius 2 is 1.76 bits per heavy atom. The van der Waals surface area contributed by atoms with Gasteiger partial charge in [0.05, 0.1) is 16.8 Å². The van der Waals surface area contributed by atoms with Crippen LogP contribution in [0.15, 0.2) is 70.5 Å². The van der Waals surface area contributed by atoms with Crippen LogP contribution in [0, 0.1) is 20.8 Å². The Balaban J connectivity index is 1.71. The zero-order valence-electron chi connectivity index (χ0n) is 18.5. The van der Waals surface area contributed by atoms with Gasteiger partial charge < -0.3 is 10.2 Å². The molecule has 0 spiro atoms. The van der Waals surface area contributed by atoms with E-state index in [9.17, 15) is 19.8 Å². The number of aromatic carboxylic acids is 1. The molecule has 7 heteroatoms. The lowest BCUT2D eigenvalue weighted by molar-refractivity contribution is 0.0697. The predicted molar refractivity (Wildman–Crippen MR) is 128 cm³/mol. The lowest BCUT2D eigenvalue weighted by Crippen LogP contribution is -2.17. The number of phenols is 1. The van der Waals surface area contributed by atoms with Crippen LogP contribution in [0.5, 0.6) is 5.75 Å². The SMILES string of the molecule is Cc1ccc(-c2cccc(N=Cc3c(C)[nH]n(-c4cccc(C(=O)O)c4)c3=O)c2O)cc1C. The summed E-state index contributed by atoms with van der Waals surface area (Å²) in [5, 5.41) is 23.0. The molecule has 3 aromatic carbocycles. The molecule has 3 N–H and O–H groups in total. The van der Waals surface area contributed by atoms with Gasteiger partial charge in [-0.3, -0.25) is 14.9 Å².